The molecule has 1 heterocycles. The summed E-state index contributed by atoms with van der Waals surface area (Å²) in [7, 11) is 1.61. The van der Waals surface area contributed by atoms with Crippen molar-refractivity contribution in [2.75, 3.05) is 40.0 Å². The highest BCUT2D eigenvalue weighted by molar-refractivity contribution is 5.96. The zero-order chi connectivity index (χ0) is 44.3. The number of amides is 6. The van der Waals surface area contributed by atoms with Crippen LogP contribution < -0.4 is 32.3 Å². The van der Waals surface area contributed by atoms with E-state index in [1.165, 1.54) is 4.90 Å². The molecule has 2 rings (SSSR count). The second-order valence-electron chi connectivity index (χ2n) is 17.8. The van der Waals surface area contributed by atoms with Gasteiger partial charge in [-0.1, -0.05) is 72.6 Å². The van der Waals surface area contributed by atoms with Crippen LogP contribution in [0.2, 0.25) is 0 Å². The minimum Gasteiger partial charge on any atom is -0.444 e. The second kappa shape index (κ2) is 25.9. The number of carbonyl (C=O) groups is 6. The van der Waals surface area contributed by atoms with Crippen molar-refractivity contribution in [2.24, 2.45) is 23.5 Å². The van der Waals surface area contributed by atoms with Gasteiger partial charge in [0.25, 0.3) is 0 Å². The Kier molecular flexibility index (Phi) is 22.7. The number of likely N-dealkylation sites (N-methyl/N-ethyl adjacent to an activating group) is 1. The van der Waals surface area contributed by atoms with Gasteiger partial charge in [0.15, 0.2) is 0 Å². The van der Waals surface area contributed by atoms with Crippen molar-refractivity contribution >= 4 is 35.6 Å². The largest absolute Gasteiger partial charge is 0.444 e. The zero-order valence-electron chi connectivity index (χ0n) is 37.2. The van der Waals surface area contributed by atoms with Crippen molar-refractivity contribution in [3.8, 4) is 0 Å². The lowest BCUT2D eigenvalue weighted by atomic mass is 9.83. The fourth-order valence-electron chi connectivity index (χ4n) is 7.35. The molecule has 17 heteroatoms. The molecular weight excluding hydrogens is 763 g/mol. The number of hydrogen-bond donors (Lipinski definition) is 7. The normalized spacial score (nSPS) is 27.1. The van der Waals surface area contributed by atoms with Crippen molar-refractivity contribution in [2.45, 2.75) is 174 Å². The third kappa shape index (κ3) is 18.7. The van der Waals surface area contributed by atoms with Crippen molar-refractivity contribution in [3.05, 3.63) is 0 Å². The van der Waals surface area contributed by atoms with E-state index in [4.69, 9.17) is 19.9 Å². The van der Waals surface area contributed by atoms with E-state index in [-0.39, 0.29) is 44.1 Å². The van der Waals surface area contributed by atoms with Crippen LogP contribution in [0.3, 0.4) is 0 Å². The minimum atomic E-state index is -1.43. The van der Waals surface area contributed by atoms with Gasteiger partial charge in [-0.25, -0.2) is 4.79 Å². The zero-order valence-corrected chi connectivity index (χ0v) is 37.2. The topological polar surface area (TPSA) is 240 Å². The van der Waals surface area contributed by atoms with Gasteiger partial charge in [-0.05, 0) is 65.2 Å². The molecule has 6 amide bonds. The fourth-order valence-corrected chi connectivity index (χ4v) is 7.35. The highest BCUT2D eigenvalue weighted by atomic mass is 16.6. The molecule has 1 aliphatic heterocycles. The highest BCUT2D eigenvalue weighted by Crippen LogP contribution is 2.28. The first-order valence-electron chi connectivity index (χ1n) is 21.8. The van der Waals surface area contributed by atoms with E-state index in [1.807, 2.05) is 13.8 Å². The summed E-state index contributed by atoms with van der Waals surface area (Å²) >= 11 is 0. The molecule has 8 atom stereocenters. The number of aliphatic hydroxyl groups excluding tert-OH is 1. The molecule has 0 bridgehead atoms. The average molecular weight is 840 g/mol. The molecule has 0 aromatic carbocycles. The van der Waals surface area contributed by atoms with Gasteiger partial charge in [-0.3, -0.25) is 24.0 Å². The summed E-state index contributed by atoms with van der Waals surface area (Å²) in [5.41, 5.74) is 4.69. The smallest absolute Gasteiger partial charge is 0.407 e. The molecule has 0 radical (unpaired) electrons. The number of nitrogens with two attached hydrogens (primary N) is 1. The van der Waals surface area contributed by atoms with E-state index >= 15 is 0 Å². The van der Waals surface area contributed by atoms with Crippen LogP contribution in [0.5, 0.6) is 0 Å². The average Bonchev–Trinajstić information content (AvgIpc) is 3.17. The number of ether oxygens (including phenoxy) is 3. The lowest BCUT2D eigenvalue weighted by molar-refractivity contribution is -0.147. The van der Waals surface area contributed by atoms with Crippen molar-refractivity contribution in [1.29, 1.82) is 0 Å². The molecule has 1 saturated heterocycles. The molecule has 8 N–H and O–H groups in total. The van der Waals surface area contributed by atoms with Gasteiger partial charge >= 0.3 is 6.09 Å². The van der Waals surface area contributed by atoms with E-state index in [1.54, 1.807) is 41.7 Å². The summed E-state index contributed by atoms with van der Waals surface area (Å²) in [6.45, 7) is 13.6. The Morgan fingerprint density at radius 1 is 0.932 bits per heavy atom. The number of unbranched alkanes of at least 4 members (excludes halogenated alkanes) is 3. The molecule has 1 unspecified atom stereocenters. The number of nitrogens with one attached hydrogen (secondary N) is 5. The van der Waals surface area contributed by atoms with Crippen molar-refractivity contribution in [1.82, 2.24) is 31.5 Å². The van der Waals surface area contributed by atoms with Crippen LogP contribution in [0.15, 0.2) is 0 Å². The standard InChI is InChI=1S/C42H77N7O10/c1-10-11-12-16-19-34-28(5)40(55)49(9)33(20-26(2)3)38(53)48-35(29-17-14-13-15-18-29)39(54)46-31(22-44-41(56)59-42(6,7)8)36(51)47-32(25-57-24-30(50)21-43)37(52)45-27(4)23-58-34/h26-35,50H,10-25,43H2,1-9H3,(H,44,56)(H,45,52)(H,46,54)(H,47,51)(H,48,53)/t27-,28-,30?,31+,32+,33+,34-,35+/m1/s1. The van der Waals surface area contributed by atoms with E-state index in [9.17, 15) is 33.9 Å². The Morgan fingerprint density at radius 3 is 2.19 bits per heavy atom. The van der Waals surface area contributed by atoms with E-state index < -0.39 is 90.2 Å². The number of nitrogens with zero attached hydrogens (tertiary/aromatic N) is 1. The van der Waals surface area contributed by atoms with E-state index in [0.717, 1.165) is 44.9 Å². The second-order valence-corrected chi connectivity index (χ2v) is 17.8. The first kappa shape index (κ1) is 51.6. The third-order valence-electron chi connectivity index (χ3n) is 10.7. The number of rotatable bonds is 15. The molecule has 0 aromatic heterocycles. The summed E-state index contributed by atoms with van der Waals surface area (Å²) in [6, 6.07) is -5.32. The van der Waals surface area contributed by atoms with Gasteiger partial charge in [0.05, 0.1) is 44.5 Å². The van der Waals surface area contributed by atoms with Gasteiger partial charge in [0.2, 0.25) is 29.5 Å². The summed E-state index contributed by atoms with van der Waals surface area (Å²) < 4.78 is 17.4. The Morgan fingerprint density at radius 2 is 1.58 bits per heavy atom. The Balaban J connectivity index is 2.66. The molecule has 0 spiro atoms. The van der Waals surface area contributed by atoms with E-state index in [0.29, 0.717) is 25.7 Å². The molecular formula is C42H77N7O10. The molecule has 17 nitrogen and oxygen atoms in total. The Bertz CT molecular complexity index is 1340. The molecule has 340 valence electrons. The predicted octanol–water partition coefficient (Wildman–Crippen LogP) is 2.27. The quantitative estimate of drug-likeness (QED) is 0.118. The lowest BCUT2D eigenvalue weighted by Crippen LogP contribution is -2.62. The predicted molar refractivity (Wildman–Crippen MR) is 224 cm³/mol. The third-order valence-corrected chi connectivity index (χ3v) is 10.7. The molecule has 59 heavy (non-hydrogen) atoms. The van der Waals surface area contributed by atoms with Crippen LogP contribution >= 0.6 is 0 Å². The van der Waals surface area contributed by atoms with Crippen LogP contribution in [-0.4, -0.2) is 134 Å². The van der Waals surface area contributed by atoms with Crippen molar-refractivity contribution in [3.63, 3.8) is 0 Å². The molecule has 1 aliphatic carbocycles. The van der Waals surface area contributed by atoms with Crippen LogP contribution in [0.1, 0.15) is 126 Å². The first-order chi connectivity index (χ1) is 27.8. The first-order valence-corrected chi connectivity index (χ1v) is 21.8. The van der Waals surface area contributed by atoms with Crippen LogP contribution in [0.25, 0.3) is 0 Å². The minimum absolute atomic E-state index is 0.0212. The lowest BCUT2D eigenvalue weighted by Gasteiger charge is -2.36. The maximum atomic E-state index is 14.4. The van der Waals surface area contributed by atoms with Gasteiger partial charge in [0, 0.05) is 19.6 Å². The number of alkyl carbamates (subject to hydrolysis) is 1. The Labute approximate surface area is 352 Å². The number of hydrogen-bond acceptors (Lipinski definition) is 11. The van der Waals surface area contributed by atoms with Crippen LogP contribution in [0, 0.1) is 17.8 Å². The Hall–Kier alpha value is -3.54. The van der Waals surface area contributed by atoms with Crippen LogP contribution in [-0.2, 0) is 38.2 Å². The molecule has 1 saturated carbocycles. The monoisotopic (exact) mass is 840 g/mol. The van der Waals surface area contributed by atoms with Gasteiger partial charge < -0.3 is 56.5 Å². The van der Waals surface area contributed by atoms with Gasteiger partial charge in [0.1, 0.15) is 29.8 Å². The summed E-state index contributed by atoms with van der Waals surface area (Å²) in [5.74, 6) is -3.76. The maximum absolute atomic E-state index is 14.4. The summed E-state index contributed by atoms with van der Waals surface area (Å²) in [4.78, 5) is 85.3. The van der Waals surface area contributed by atoms with Gasteiger partial charge in [-0.15, -0.1) is 0 Å². The van der Waals surface area contributed by atoms with Crippen LogP contribution in [0.4, 0.5) is 4.79 Å². The molecule has 2 fully saturated rings. The summed E-state index contributed by atoms with van der Waals surface area (Å²) in [5, 5.41) is 23.8. The highest BCUT2D eigenvalue weighted by Gasteiger charge is 2.39. The van der Waals surface area contributed by atoms with Crippen molar-refractivity contribution < 1.29 is 48.1 Å². The maximum Gasteiger partial charge on any atom is 0.407 e. The fraction of sp³-hybridized carbons (Fsp3) is 0.857. The SMILES string of the molecule is CCCCCC[C@H]1OC[C@@H](C)NC(=O)[C@H](COCC(O)CN)NC(=O)[C@H](CNC(=O)OC(C)(C)C)NC(=O)[C@H](C2CCCCC2)NC(=O)[C@H](CC(C)C)N(C)C(=O)[C@@H]1C. The molecule has 0 aromatic rings. The number of aliphatic hydroxyl groups is 1. The van der Waals surface area contributed by atoms with Gasteiger partial charge in [-0.2, -0.15) is 0 Å². The molecule has 2 aliphatic rings. The number of carbonyl (C=O) groups excluding carboxylic acids is 6. The summed E-state index contributed by atoms with van der Waals surface area (Å²) in [6.07, 6.45) is 6.33. The van der Waals surface area contributed by atoms with E-state index in [2.05, 4.69) is 33.5 Å².